The van der Waals surface area contributed by atoms with E-state index in [0.717, 1.165) is 0 Å². The minimum Gasteiger partial charge on any atom is -0.494 e. The smallest absolute Gasteiger partial charge is 0.453 e. The Bertz CT molecular complexity index is 1120. The number of benzene rings is 3. The maximum atomic E-state index is 6.36. The molecule has 28 heavy (non-hydrogen) atoms. The Kier molecular flexibility index (Phi) is 5.31. The van der Waals surface area contributed by atoms with E-state index in [1.54, 1.807) is 24.3 Å². The zero-order valence-corrected chi connectivity index (χ0v) is 17.3. The molecule has 0 atom stereocenters. The second kappa shape index (κ2) is 7.88. The summed E-state index contributed by atoms with van der Waals surface area (Å²) in [5.74, 6) is 1.49. The lowest BCUT2D eigenvalue weighted by atomic mass is 10.1. The summed E-state index contributed by atoms with van der Waals surface area (Å²) in [6, 6.07) is 16.2. The third-order valence-corrected chi connectivity index (χ3v) is 5.72. The van der Waals surface area contributed by atoms with Crippen LogP contribution < -0.4 is 14.0 Å². The van der Waals surface area contributed by atoms with Crippen LogP contribution in [0.3, 0.4) is 0 Å². The van der Waals surface area contributed by atoms with Gasteiger partial charge in [0, 0.05) is 0 Å². The first-order valence-corrected chi connectivity index (χ1v) is 10.1. The highest BCUT2D eigenvalue weighted by Crippen LogP contribution is 2.46. The van der Waals surface area contributed by atoms with Gasteiger partial charge in [0.2, 0.25) is 0 Å². The van der Waals surface area contributed by atoms with Gasteiger partial charge in [0.25, 0.3) is 0 Å². The van der Waals surface area contributed by atoms with Gasteiger partial charge in [-0.15, -0.1) is 0 Å². The maximum Gasteiger partial charge on any atom is 0.453 e. The molecule has 4 rings (SSSR count). The molecule has 1 heterocycles. The first-order chi connectivity index (χ1) is 13.6. The van der Waals surface area contributed by atoms with Crippen molar-refractivity contribution in [2.24, 2.45) is 0 Å². The highest BCUT2D eigenvalue weighted by atomic mass is 35.5. The Morgan fingerprint density at radius 1 is 0.714 bits per heavy atom. The van der Waals surface area contributed by atoms with Crippen LogP contribution in [-0.2, 0) is 0 Å². The summed E-state index contributed by atoms with van der Waals surface area (Å²) < 4.78 is 29.2. The van der Waals surface area contributed by atoms with E-state index in [0.29, 0.717) is 49.2 Å². The zero-order chi connectivity index (χ0) is 19.7. The summed E-state index contributed by atoms with van der Waals surface area (Å²) in [5, 5.41) is 2.03. The van der Waals surface area contributed by atoms with E-state index in [4.69, 9.17) is 45.6 Å². The van der Waals surface area contributed by atoms with Crippen LogP contribution in [-0.4, -0.2) is 14.2 Å². The lowest BCUT2D eigenvalue weighted by Crippen LogP contribution is -1.89. The summed E-state index contributed by atoms with van der Waals surface area (Å²) in [5.41, 5.74) is 0.977. The Morgan fingerprint density at radius 3 is 1.68 bits per heavy atom. The topological polar surface area (TPSA) is 54.0 Å². The fourth-order valence-corrected chi connectivity index (χ4v) is 4.39. The highest BCUT2D eigenvalue weighted by Gasteiger charge is 2.19. The lowest BCUT2D eigenvalue weighted by molar-refractivity contribution is 0.416. The van der Waals surface area contributed by atoms with Crippen molar-refractivity contribution in [2.75, 3.05) is 14.2 Å². The average molecular weight is 437 g/mol. The second-order valence-corrected chi connectivity index (χ2v) is 7.53. The first kappa shape index (κ1) is 18.9. The monoisotopic (exact) mass is 436 g/mol. The fraction of sp³-hybridized carbons (Fsp3) is 0.100. The fourth-order valence-electron chi connectivity index (χ4n) is 2.89. The molecule has 0 aliphatic heterocycles. The number of rotatable bonds is 4. The summed E-state index contributed by atoms with van der Waals surface area (Å²) in [7, 11) is 1.27. The number of para-hydroxylation sites is 1. The van der Waals surface area contributed by atoms with Crippen LogP contribution in [0.25, 0.3) is 21.9 Å². The predicted molar refractivity (Wildman–Crippen MR) is 112 cm³/mol. The molecule has 0 saturated heterocycles. The molecule has 5 nitrogen and oxygen atoms in total. The molecule has 0 aliphatic rings. The second-order valence-electron chi connectivity index (χ2n) is 5.72. The van der Waals surface area contributed by atoms with Crippen LogP contribution in [0.1, 0.15) is 0 Å². The van der Waals surface area contributed by atoms with Gasteiger partial charge < -0.3 is 22.4 Å². The van der Waals surface area contributed by atoms with E-state index in [9.17, 15) is 0 Å². The van der Waals surface area contributed by atoms with Crippen molar-refractivity contribution in [3.63, 3.8) is 0 Å². The molecule has 1 aromatic heterocycles. The lowest BCUT2D eigenvalue weighted by Gasteiger charge is -2.09. The molecule has 0 amide bonds. The van der Waals surface area contributed by atoms with Gasteiger partial charge in [-0.25, -0.2) is 0 Å². The van der Waals surface area contributed by atoms with Gasteiger partial charge in [-0.3, -0.25) is 0 Å². The Morgan fingerprint density at radius 2 is 1.21 bits per heavy atom. The molecule has 0 radical (unpaired) electrons. The summed E-state index contributed by atoms with van der Waals surface area (Å²) in [6.45, 7) is 0. The minimum absolute atomic E-state index is 0.424. The van der Waals surface area contributed by atoms with Crippen LogP contribution in [0, 0.1) is 0 Å². The summed E-state index contributed by atoms with van der Waals surface area (Å²) in [4.78, 5) is 0. The normalized spacial score (nSPS) is 10.9. The number of hydrogen-bond acceptors (Lipinski definition) is 5. The molecule has 0 fully saturated rings. The van der Waals surface area contributed by atoms with Crippen molar-refractivity contribution in [3.05, 3.63) is 64.6 Å². The molecule has 0 aliphatic carbocycles. The largest absolute Gasteiger partial charge is 0.494 e. The third kappa shape index (κ3) is 3.37. The van der Waals surface area contributed by atoms with Crippen LogP contribution in [0.2, 0.25) is 10.0 Å². The molecule has 3 aromatic carbocycles. The summed E-state index contributed by atoms with van der Waals surface area (Å²) >= 11 is 12.7. The van der Waals surface area contributed by atoms with Crippen LogP contribution in [0.5, 0.6) is 17.2 Å². The van der Waals surface area contributed by atoms with Crippen molar-refractivity contribution in [3.8, 4) is 17.2 Å². The van der Waals surface area contributed by atoms with Gasteiger partial charge in [-0.2, -0.15) is 0 Å². The first-order valence-electron chi connectivity index (χ1n) is 8.24. The maximum absolute atomic E-state index is 6.36. The van der Waals surface area contributed by atoms with Crippen molar-refractivity contribution in [1.29, 1.82) is 0 Å². The van der Waals surface area contributed by atoms with Crippen molar-refractivity contribution >= 4 is 53.4 Å². The van der Waals surface area contributed by atoms with Crippen molar-refractivity contribution in [1.82, 2.24) is 0 Å². The molecular weight excluding hydrogens is 422 g/mol. The Hall–Kier alpha value is -2.46. The van der Waals surface area contributed by atoms with Gasteiger partial charge in [0.05, 0.1) is 35.0 Å². The number of hydrogen-bond donors (Lipinski definition) is 0. The molecule has 0 unspecified atom stereocenters. The van der Waals surface area contributed by atoms with E-state index in [1.165, 1.54) is 14.2 Å². The predicted octanol–water partition coefficient (Wildman–Crippen LogP) is 7.46. The van der Waals surface area contributed by atoms with E-state index in [2.05, 4.69) is 0 Å². The number of methoxy groups -OCH3 is 2. The molecule has 0 N–H and O–H groups in total. The Labute approximate surface area is 172 Å². The molecule has 4 aromatic rings. The van der Waals surface area contributed by atoms with Crippen molar-refractivity contribution < 1.29 is 22.4 Å². The van der Waals surface area contributed by atoms with Gasteiger partial charge in [-0.05, 0) is 36.4 Å². The van der Waals surface area contributed by atoms with Crippen LogP contribution in [0.4, 0.5) is 0 Å². The van der Waals surface area contributed by atoms with Gasteiger partial charge in [-0.1, -0.05) is 41.4 Å². The van der Waals surface area contributed by atoms with E-state index < -0.39 is 8.24 Å². The van der Waals surface area contributed by atoms with E-state index >= 15 is 0 Å². The van der Waals surface area contributed by atoms with Gasteiger partial charge in [0.15, 0.2) is 0 Å². The SMILES string of the molecule is COc1c(Cl)ccc2op(Oc3ccccc3)oc3ccc(Cl)c(OC)c3c12. The molecular formula is C20H15Cl2O5P. The van der Waals surface area contributed by atoms with Gasteiger partial charge >= 0.3 is 8.24 Å². The van der Waals surface area contributed by atoms with E-state index in [-0.39, 0.29) is 0 Å². The number of fused-ring (bicyclic) bond motifs is 3. The molecule has 0 saturated carbocycles. The minimum atomic E-state index is -1.80. The number of ether oxygens (including phenoxy) is 2. The zero-order valence-electron chi connectivity index (χ0n) is 14.9. The highest BCUT2D eigenvalue weighted by molar-refractivity contribution is 7.32. The van der Waals surface area contributed by atoms with Gasteiger partial charge in [0.1, 0.15) is 28.4 Å². The third-order valence-electron chi connectivity index (χ3n) is 4.07. The summed E-state index contributed by atoms with van der Waals surface area (Å²) in [6.07, 6.45) is 0. The Balaban J connectivity index is 2.14. The molecule has 0 bridgehead atoms. The quantitative estimate of drug-likeness (QED) is 0.332. The number of halogens is 2. The molecule has 144 valence electrons. The van der Waals surface area contributed by atoms with Crippen molar-refractivity contribution in [2.45, 2.75) is 0 Å². The average Bonchev–Trinajstić information content (AvgIpc) is 2.85. The molecule has 8 heteroatoms. The van der Waals surface area contributed by atoms with Crippen LogP contribution in [0.15, 0.2) is 63.0 Å². The van der Waals surface area contributed by atoms with Crippen LogP contribution >= 0.6 is 31.4 Å². The standard InChI is InChI=1S/C20H15Cl2O5P/c1-23-19-13(21)8-10-15-17(19)18-16(11-9-14(22)20(18)24-2)27-28(26-15)25-12-6-4-3-5-7-12/h3-11H,1-2H3. The molecule has 0 spiro atoms. The van der Waals surface area contributed by atoms with E-state index in [1.807, 2.05) is 30.3 Å².